The van der Waals surface area contributed by atoms with Crippen LogP contribution in [0.4, 0.5) is 0 Å². The average molecular weight is 547 g/mol. The molecule has 1 N–H and O–H groups in total. The van der Waals surface area contributed by atoms with E-state index in [-0.39, 0.29) is 21.4 Å². The van der Waals surface area contributed by atoms with E-state index in [1.807, 2.05) is 37.3 Å². The first-order valence-electron chi connectivity index (χ1n) is 10.8. The zero-order chi connectivity index (χ0) is 26.0. The zero-order valence-electron chi connectivity index (χ0n) is 19.2. The number of aliphatic carboxylic acids is 1. The smallest absolute Gasteiger partial charge is 0.341 e. The Bertz CT molecular complexity index is 1540. The molecule has 8 nitrogen and oxygen atoms in total. The molecule has 0 fully saturated rings. The number of nitrogens with zero attached hydrogens (tertiary/aromatic N) is 2. The standard InChI is InChI=1S/C25H20Cl2N2O6S/c1-3-17-20(24(33)34-2)21(14-7-5-4-6-8-14)29-23(32)18(36-25(29)28-17)11-13-9-15(26)22(16(27)10-13)35-12-19(30)31/h4-11,21H,3,12H2,1-2H3,(H,30,31)/b18-11-/t21-/m1/s1. The Labute approximate surface area is 219 Å². The summed E-state index contributed by atoms with van der Waals surface area (Å²) < 4.78 is 12.0. The number of ether oxygens (including phenoxy) is 2. The van der Waals surface area contributed by atoms with Crippen molar-refractivity contribution in [2.45, 2.75) is 19.4 Å². The molecule has 0 unspecified atom stereocenters. The fourth-order valence-electron chi connectivity index (χ4n) is 3.90. The van der Waals surface area contributed by atoms with Crippen LogP contribution in [-0.4, -0.2) is 35.3 Å². The van der Waals surface area contributed by atoms with Crippen LogP contribution in [0.15, 0.2) is 63.5 Å². The van der Waals surface area contributed by atoms with Crippen molar-refractivity contribution < 1.29 is 24.2 Å². The Balaban J connectivity index is 1.89. The molecule has 0 amide bonds. The Hall–Kier alpha value is -3.40. The third-order valence-electron chi connectivity index (χ3n) is 5.42. The van der Waals surface area contributed by atoms with Crippen molar-refractivity contribution >= 4 is 52.6 Å². The monoisotopic (exact) mass is 546 g/mol. The summed E-state index contributed by atoms with van der Waals surface area (Å²) in [6.45, 7) is 1.29. The minimum Gasteiger partial charge on any atom is -0.479 e. The Morgan fingerprint density at radius 3 is 2.44 bits per heavy atom. The number of hydrogen-bond donors (Lipinski definition) is 1. The Morgan fingerprint density at radius 2 is 1.86 bits per heavy atom. The van der Waals surface area contributed by atoms with Gasteiger partial charge in [-0.25, -0.2) is 14.6 Å². The molecule has 36 heavy (non-hydrogen) atoms. The van der Waals surface area contributed by atoms with Crippen molar-refractivity contribution in [1.82, 2.24) is 4.57 Å². The average Bonchev–Trinajstić information content (AvgIpc) is 3.16. The molecule has 0 aliphatic carbocycles. The molecule has 3 aromatic rings. The van der Waals surface area contributed by atoms with Gasteiger partial charge in [-0.05, 0) is 35.8 Å². The number of rotatable bonds is 7. The summed E-state index contributed by atoms with van der Waals surface area (Å²) >= 11 is 13.7. The first-order chi connectivity index (χ1) is 17.2. The molecular weight excluding hydrogens is 527 g/mol. The number of allylic oxidation sites excluding steroid dienone is 1. The van der Waals surface area contributed by atoms with E-state index in [0.29, 0.717) is 32.6 Å². The first kappa shape index (κ1) is 25.7. The van der Waals surface area contributed by atoms with Gasteiger partial charge in [-0.2, -0.15) is 0 Å². The fourth-order valence-corrected chi connectivity index (χ4v) is 5.53. The molecule has 2 aromatic carbocycles. The molecular formula is C25H20Cl2N2O6S. The van der Waals surface area contributed by atoms with E-state index in [4.69, 9.17) is 37.8 Å². The van der Waals surface area contributed by atoms with Crippen LogP contribution in [0, 0.1) is 0 Å². The summed E-state index contributed by atoms with van der Waals surface area (Å²) in [5.41, 5.74) is 1.78. The van der Waals surface area contributed by atoms with Gasteiger partial charge < -0.3 is 14.6 Å². The van der Waals surface area contributed by atoms with Crippen LogP contribution >= 0.6 is 34.5 Å². The van der Waals surface area contributed by atoms with Gasteiger partial charge in [0.2, 0.25) is 0 Å². The maximum Gasteiger partial charge on any atom is 0.341 e. The summed E-state index contributed by atoms with van der Waals surface area (Å²) in [4.78, 5) is 42.3. The second-order valence-corrected chi connectivity index (χ2v) is 9.52. The third-order valence-corrected chi connectivity index (χ3v) is 6.97. The molecule has 0 saturated carbocycles. The second kappa shape index (κ2) is 10.7. The van der Waals surface area contributed by atoms with Crippen molar-refractivity contribution in [3.05, 3.63) is 94.6 Å². The van der Waals surface area contributed by atoms with Gasteiger partial charge in [0, 0.05) is 0 Å². The van der Waals surface area contributed by atoms with E-state index in [1.165, 1.54) is 35.1 Å². The molecule has 4 rings (SSSR count). The quantitative estimate of drug-likeness (QED) is 0.454. The first-order valence-corrected chi connectivity index (χ1v) is 12.3. The Morgan fingerprint density at radius 1 is 1.19 bits per heavy atom. The fraction of sp³-hybridized carbons (Fsp3) is 0.200. The van der Waals surface area contributed by atoms with Crippen molar-refractivity contribution in [1.29, 1.82) is 0 Å². The number of carboxylic acids is 1. The lowest BCUT2D eigenvalue weighted by Crippen LogP contribution is -2.40. The maximum atomic E-state index is 13.6. The number of carbonyl (C=O) groups is 2. The number of carboxylic acid groups (broad SMARTS) is 1. The molecule has 2 heterocycles. The maximum absolute atomic E-state index is 13.6. The van der Waals surface area contributed by atoms with Gasteiger partial charge in [-0.1, -0.05) is 71.8 Å². The van der Waals surface area contributed by atoms with E-state index in [2.05, 4.69) is 4.99 Å². The summed E-state index contributed by atoms with van der Waals surface area (Å²) in [5, 5.41) is 9.04. The molecule has 0 saturated heterocycles. The Kier molecular flexibility index (Phi) is 7.63. The van der Waals surface area contributed by atoms with Gasteiger partial charge in [0.25, 0.3) is 5.56 Å². The predicted molar refractivity (Wildman–Crippen MR) is 136 cm³/mol. The van der Waals surface area contributed by atoms with Gasteiger partial charge in [0.05, 0.1) is 39.0 Å². The topological polar surface area (TPSA) is 107 Å². The molecule has 0 radical (unpaired) electrons. The van der Waals surface area contributed by atoms with Crippen LogP contribution in [-0.2, 0) is 14.3 Å². The predicted octanol–water partition coefficient (Wildman–Crippen LogP) is 3.57. The van der Waals surface area contributed by atoms with Gasteiger partial charge in [0.15, 0.2) is 17.2 Å². The number of fused-ring (bicyclic) bond motifs is 1. The summed E-state index contributed by atoms with van der Waals surface area (Å²) in [5.74, 6) is -1.67. The molecule has 1 aliphatic heterocycles. The van der Waals surface area contributed by atoms with Crippen molar-refractivity contribution in [3.63, 3.8) is 0 Å². The highest BCUT2D eigenvalue weighted by molar-refractivity contribution is 7.07. The number of benzene rings is 2. The van der Waals surface area contributed by atoms with Gasteiger partial charge in [0.1, 0.15) is 0 Å². The second-order valence-electron chi connectivity index (χ2n) is 7.69. The molecule has 0 spiro atoms. The zero-order valence-corrected chi connectivity index (χ0v) is 21.5. The summed E-state index contributed by atoms with van der Waals surface area (Å²) in [6, 6.07) is 11.6. The third kappa shape index (κ3) is 4.95. The lowest BCUT2D eigenvalue weighted by molar-refractivity contribution is -0.139. The number of halogens is 2. The molecule has 186 valence electrons. The molecule has 1 aromatic heterocycles. The number of esters is 1. The number of hydrogen-bond acceptors (Lipinski definition) is 7. The minimum absolute atomic E-state index is 0.0405. The van der Waals surface area contributed by atoms with Crippen molar-refractivity contribution in [2.75, 3.05) is 13.7 Å². The van der Waals surface area contributed by atoms with Crippen molar-refractivity contribution in [2.24, 2.45) is 4.99 Å². The van der Waals surface area contributed by atoms with Crippen LogP contribution in [0.2, 0.25) is 10.0 Å². The summed E-state index contributed by atoms with van der Waals surface area (Å²) in [7, 11) is 1.30. The van der Waals surface area contributed by atoms with Crippen LogP contribution in [0.5, 0.6) is 5.75 Å². The number of thiazole rings is 1. The lowest BCUT2D eigenvalue weighted by atomic mass is 9.95. The number of methoxy groups -OCH3 is 1. The van der Waals surface area contributed by atoms with E-state index in [1.54, 1.807) is 6.08 Å². The van der Waals surface area contributed by atoms with Crippen molar-refractivity contribution in [3.8, 4) is 5.75 Å². The van der Waals surface area contributed by atoms with E-state index >= 15 is 0 Å². The van der Waals surface area contributed by atoms with Crippen LogP contribution in [0.25, 0.3) is 6.08 Å². The minimum atomic E-state index is -1.17. The molecule has 11 heteroatoms. The lowest BCUT2D eigenvalue weighted by Gasteiger charge is -2.25. The SMILES string of the molecule is CCC1=C(C(=O)OC)[C@@H](c2ccccc2)n2c(s/c(=C\c3cc(Cl)c(OCC(=O)O)c(Cl)c3)c2=O)=N1. The van der Waals surface area contributed by atoms with E-state index < -0.39 is 24.6 Å². The highest BCUT2D eigenvalue weighted by Gasteiger charge is 2.33. The van der Waals surface area contributed by atoms with Gasteiger partial charge in [-0.15, -0.1) is 0 Å². The highest BCUT2D eigenvalue weighted by atomic mass is 35.5. The molecule has 0 bridgehead atoms. The van der Waals surface area contributed by atoms with Crippen LogP contribution < -0.4 is 19.6 Å². The van der Waals surface area contributed by atoms with Crippen LogP contribution in [0.3, 0.4) is 0 Å². The van der Waals surface area contributed by atoms with E-state index in [9.17, 15) is 14.4 Å². The van der Waals surface area contributed by atoms with E-state index in [0.717, 1.165) is 5.56 Å². The van der Waals surface area contributed by atoms with Gasteiger partial charge >= 0.3 is 11.9 Å². The molecule has 1 aliphatic rings. The summed E-state index contributed by atoms with van der Waals surface area (Å²) in [6.07, 6.45) is 2.08. The largest absolute Gasteiger partial charge is 0.479 e. The van der Waals surface area contributed by atoms with Crippen LogP contribution in [0.1, 0.15) is 30.5 Å². The molecule has 1 atom stereocenters. The number of carbonyl (C=O) groups excluding carboxylic acids is 1. The normalized spacial score (nSPS) is 15.3. The van der Waals surface area contributed by atoms with Gasteiger partial charge in [-0.3, -0.25) is 9.36 Å². The highest BCUT2D eigenvalue weighted by Crippen LogP contribution is 2.35. The number of aromatic nitrogens is 1.